The van der Waals surface area contributed by atoms with Crippen LogP contribution in [0.4, 0.5) is 0 Å². The first-order chi connectivity index (χ1) is 7.72. The van der Waals surface area contributed by atoms with Crippen LogP contribution < -0.4 is 5.73 Å². The second-order valence-electron chi connectivity index (χ2n) is 5.09. The molecule has 1 heterocycles. The summed E-state index contributed by atoms with van der Waals surface area (Å²) in [6.07, 6.45) is 7.70. The van der Waals surface area contributed by atoms with Crippen LogP contribution in [0.1, 0.15) is 45.4 Å². The Balaban J connectivity index is 2.07. The summed E-state index contributed by atoms with van der Waals surface area (Å²) in [5.74, 6) is 0. The number of nitrogens with two attached hydrogens (primary N) is 1. The van der Waals surface area contributed by atoms with E-state index in [1.807, 2.05) is 0 Å². The molecule has 0 amide bonds. The molecular formula is C13H28N2O. The summed E-state index contributed by atoms with van der Waals surface area (Å²) in [7, 11) is 2.18. The third kappa shape index (κ3) is 5.83. The molecule has 0 aliphatic carbocycles. The molecule has 0 bridgehead atoms. The molecule has 3 heteroatoms. The van der Waals surface area contributed by atoms with Gasteiger partial charge < -0.3 is 15.4 Å². The monoisotopic (exact) mass is 228 g/mol. The highest BCUT2D eigenvalue weighted by Crippen LogP contribution is 2.13. The van der Waals surface area contributed by atoms with Crippen LogP contribution in [0.2, 0.25) is 0 Å². The van der Waals surface area contributed by atoms with E-state index in [1.165, 1.54) is 25.7 Å². The predicted molar refractivity (Wildman–Crippen MR) is 68.6 cm³/mol. The lowest BCUT2D eigenvalue weighted by atomic mass is 10.1. The minimum absolute atomic E-state index is 0.375. The van der Waals surface area contributed by atoms with Gasteiger partial charge in [-0.1, -0.05) is 13.3 Å². The molecule has 0 saturated carbocycles. The van der Waals surface area contributed by atoms with E-state index in [-0.39, 0.29) is 0 Å². The molecule has 0 spiro atoms. The first kappa shape index (κ1) is 13.9. The lowest BCUT2D eigenvalue weighted by Gasteiger charge is -2.27. The molecule has 96 valence electrons. The fourth-order valence-corrected chi connectivity index (χ4v) is 2.29. The molecule has 1 aliphatic heterocycles. The van der Waals surface area contributed by atoms with Gasteiger partial charge in [-0.15, -0.1) is 0 Å². The SMILES string of the molecule is CCCC(N)CCN(C)CC1CCCCO1. The quantitative estimate of drug-likeness (QED) is 0.724. The Bertz CT molecular complexity index is 169. The van der Waals surface area contributed by atoms with Crippen LogP contribution in [0.15, 0.2) is 0 Å². The Kier molecular flexibility index (Phi) is 7.01. The Morgan fingerprint density at radius 3 is 2.81 bits per heavy atom. The zero-order chi connectivity index (χ0) is 11.8. The lowest BCUT2D eigenvalue weighted by molar-refractivity contribution is -0.00176. The highest BCUT2D eigenvalue weighted by molar-refractivity contribution is 4.69. The number of rotatable bonds is 7. The summed E-state index contributed by atoms with van der Waals surface area (Å²) in [6.45, 7) is 5.31. The highest BCUT2D eigenvalue weighted by atomic mass is 16.5. The molecule has 2 N–H and O–H groups in total. The van der Waals surface area contributed by atoms with Gasteiger partial charge in [-0.25, -0.2) is 0 Å². The molecule has 2 atom stereocenters. The average molecular weight is 228 g/mol. The molecular weight excluding hydrogens is 200 g/mol. The maximum Gasteiger partial charge on any atom is 0.0701 e. The fraction of sp³-hybridized carbons (Fsp3) is 1.00. The van der Waals surface area contributed by atoms with Crippen LogP contribution >= 0.6 is 0 Å². The first-order valence-corrected chi connectivity index (χ1v) is 6.78. The molecule has 0 aromatic carbocycles. The van der Waals surface area contributed by atoms with Gasteiger partial charge in [-0.2, -0.15) is 0 Å². The molecule has 0 radical (unpaired) electrons. The van der Waals surface area contributed by atoms with Crippen LogP contribution in [0.3, 0.4) is 0 Å². The zero-order valence-corrected chi connectivity index (χ0v) is 11.0. The van der Waals surface area contributed by atoms with E-state index >= 15 is 0 Å². The van der Waals surface area contributed by atoms with Crippen LogP contribution in [0, 0.1) is 0 Å². The van der Waals surface area contributed by atoms with Crippen molar-refractivity contribution in [2.45, 2.75) is 57.6 Å². The summed E-state index contributed by atoms with van der Waals surface area (Å²) in [5.41, 5.74) is 6.01. The van der Waals surface area contributed by atoms with Crippen molar-refractivity contribution in [1.82, 2.24) is 4.90 Å². The summed E-state index contributed by atoms with van der Waals surface area (Å²) in [5, 5.41) is 0. The Morgan fingerprint density at radius 2 is 2.19 bits per heavy atom. The fourth-order valence-electron chi connectivity index (χ4n) is 2.29. The maximum absolute atomic E-state index is 6.01. The van der Waals surface area contributed by atoms with Crippen LogP contribution in [0.5, 0.6) is 0 Å². The van der Waals surface area contributed by atoms with E-state index < -0.39 is 0 Å². The molecule has 2 unspecified atom stereocenters. The Morgan fingerprint density at radius 1 is 1.38 bits per heavy atom. The van der Waals surface area contributed by atoms with Crippen LogP contribution in [0.25, 0.3) is 0 Å². The number of likely N-dealkylation sites (N-methyl/N-ethyl adjacent to an activating group) is 1. The van der Waals surface area contributed by atoms with Crippen molar-refractivity contribution >= 4 is 0 Å². The molecule has 1 aliphatic rings. The van der Waals surface area contributed by atoms with E-state index in [2.05, 4.69) is 18.9 Å². The summed E-state index contributed by atoms with van der Waals surface area (Å²) >= 11 is 0. The van der Waals surface area contributed by atoms with Crippen molar-refractivity contribution in [3.8, 4) is 0 Å². The van der Waals surface area contributed by atoms with E-state index in [4.69, 9.17) is 10.5 Å². The van der Waals surface area contributed by atoms with Crippen molar-refractivity contribution in [3.05, 3.63) is 0 Å². The zero-order valence-electron chi connectivity index (χ0n) is 11.0. The van der Waals surface area contributed by atoms with Gasteiger partial charge in [-0.3, -0.25) is 0 Å². The summed E-state index contributed by atoms with van der Waals surface area (Å²) < 4.78 is 5.73. The number of hydrogen-bond acceptors (Lipinski definition) is 3. The molecule has 16 heavy (non-hydrogen) atoms. The molecule has 3 nitrogen and oxygen atoms in total. The van der Waals surface area contributed by atoms with Crippen LogP contribution in [-0.2, 0) is 4.74 Å². The van der Waals surface area contributed by atoms with Crippen molar-refractivity contribution < 1.29 is 4.74 Å². The standard InChI is InChI=1S/C13H28N2O/c1-3-6-12(14)8-9-15(2)11-13-7-4-5-10-16-13/h12-13H,3-11,14H2,1-2H3. The second kappa shape index (κ2) is 8.04. The third-order valence-corrected chi connectivity index (χ3v) is 3.33. The van der Waals surface area contributed by atoms with Crippen LogP contribution in [-0.4, -0.2) is 43.8 Å². The van der Waals surface area contributed by atoms with Crippen molar-refractivity contribution in [1.29, 1.82) is 0 Å². The molecule has 1 fully saturated rings. The van der Waals surface area contributed by atoms with E-state index in [0.29, 0.717) is 12.1 Å². The number of hydrogen-bond donors (Lipinski definition) is 1. The average Bonchev–Trinajstić information content (AvgIpc) is 2.28. The normalized spacial score (nSPS) is 23.6. The first-order valence-electron chi connectivity index (χ1n) is 6.78. The van der Waals surface area contributed by atoms with Gasteiger partial charge in [-0.05, 0) is 45.7 Å². The Hall–Kier alpha value is -0.120. The summed E-state index contributed by atoms with van der Waals surface area (Å²) in [6, 6.07) is 0.375. The predicted octanol–water partition coefficient (Wildman–Crippen LogP) is 2.00. The van der Waals surface area contributed by atoms with Gasteiger partial charge in [0.15, 0.2) is 0 Å². The second-order valence-corrected chi connectivity index (χ2v) is 5.09. The largest absolute Gasteiger partial charge is 0.377 e. The van der Waals surface area contributed by atoms with Gasteiger partial charge in [0.1, 0.15) is 0 Å². The highest BCUT2D eigenvalue weighted by Gasteiger charge is 2.15. The van der Waals surface area contributed by atoms with E-state index in [9.17, 15) is 0 Å². The van der Waals surface area contributed by atoms with Gasteiger partial charge in [0.05, 0.1) is 6.10 Å². The van der Waals surface area contributed by atoms with Crippen molar-refractivity contribution in [3.63, 3.8) is 0 Å². The topological polar surface area (TPSA) is 38.5 Å². The van der Waals surface area contributed by atoms with Gasteiger partial charge in [0.2, 0.25) is 0 Å². The lowest BCUT2D eigenvalue weighted by Crippen LogP contribution is -2.35. The van der Waals surface area contributed by atoms with Gasteiger partial charge >= 0.3 is 0 Å². The number of nitrogens with zero attached hydrogens (tertiary/aromatic N) is 1. The van der Waals surface area contributed by atoms with E-state index in [1.54, 1.807) is 0 Å². The smallest absolute Gasteiger partial charge is 0.0701 e. The number of ether oxygens (including phenoxy) is 1. The van der Waals surface area contributed by atoms with Gasteiger partial charge in [0, 0.05) is 19.2 Å². The van der Waals surface area contributed by atoms with Gasteiger partial charge in [0.25, 0.3) is 0 Å². The minimum Gasteiger partial charge on any atom is -0.377 e. The maximum atomic E-state index is 6.01. The Labute approximate surface area is 100 Å². The molecule has 1 saturated heterocycles. The van der Waals surface area contributed by atoms with Crippen molar-refractivity contribution in [2.24, 2.45) is 5.73 Å². The molecule has 1 rings (SSSR count). The minimum atomic E-state index is 0.375. The molecule has 0 aromatic rings. The van der Waals surface area contributed by atoms with E-state index in [0.717, 1.165) is 32.5 Å². The summed E-state index contributed by atoms with van der Waals surface area (Å²) in [4.78, 5) is 2.37. The molecule has 0 aromatic heterocycles. The third-order valence-electron chi connectivity index (χ3n) is 3.33. The van der Waals surface area contributed by atoms with Crippen molar-refractivity contribution in [2.75, 3.05) is 26.7 Å².